The van der Waals surface area contributed by atoms with Crippen molar-refractivity contribution in [1.29, 1.82) is 0 Å². The Kier molecular flexibility index (Phi) is 5.67. The van der Waals surface area contributed by atoms with E-state index < -0.39 is 23.9 Å². The molecule has 0 spiro atoms. The molecule has 30 heavy (non-hydrogen) atoms. The molecule has 1 aliphatic heterocycles. The number of hydrogen-bond donors (Lipinski definition) is 2. The van der Waals surface area contributed by atoms with E-state index >= 15 is 8.78 Å². The number of alkyl halides is 2. The highest BCUT2D eigenvalue weighted by molar-refractivity contribution is 7.80. The van der Waals surface area contributed by atoms with Crippen LogP contribution >= 0.6 is 23.8 Å². The largest absolute Gasteiger partial charge is 0.377 e. The minimum Gasteiger partial charge on any atom is -0.377 e. The van der Waals surface area contributed by atoms with Crippen LogP contribution in [0.5, 0.6) is 0 Å². The lowest BCUT2D eigenvalue weighted by atomic mass is 9.80. The normalized spacial score (nSPS) is 25.4. The lowest BCUT2D eigenvalue weighted by Gasteiger charge is -2.40. The molecule has 0 bridgehead atoms. The van der Waals surface area contributed by atoms with Gasteiger partial charge in [-0.25, -0.2) is 13.2 Å². The second-order valence-electron chi connectivity index (χ2n) is 7.63. The summed E-state index contributed by atoms with van der Waals surface area (Å²) in [7, 11) is 0. The van der Waals surface area contributed by atoms with Crippen molar-refractivity contribution < 1.29 is 17.9 Å². The summed E-state index contributed by atoms with van der Waals surface area (Å²) in [5.74, 6) is -4.09. The first-order valence-electron chi connectivity index (χ1n) is 9.73. The smallest absolute Gasteiger partial charge is 0.297 e. The highest BCUT2D eigenvalue weighted by atomic mass is 35.5. The van der Waals surface area contributed by atoms with E-state index in [0.717, 1.165) is 24.1 Å². The third kappa shape index (κ3) is 3.65. The van der Waals surface area contributed by atoms with Gasteiger partial charge >= 0.3 is 0 Å². The zero-order valence-electron chi connectivity index (χ0n) is 16.3. The van der Waals surface area contributed by atoms with Crippen LogP contribution in [0.25, 0.3) is 0 Å². The number of aromatic nitrogens is 1. The molecule has 1 saturated heterocycles. The summed E-state index contributed by atoms with van der Waals surface area (Å²) in [6.45, 7) is 0.611. The van der Waals surface area contributed by atoms with Crippen LogP contribution in [0.4, 0.5) is 18.9 Å². The number of benzene rings is 1. The van der Waals surface area contributed by atoms with Gasteiger partial charge in [-0.2, -0.15) is 0 Å². The van der Waals surface area contributed by atoms with Crippen LogP contribution in [0.3, 0.4) is 0 Å². The summed E-state index contributed by atoms with van der Waals surface area (Å²) < 4.78 is 50.2. The van der Waals surface area contributed by atoms with Crippen molar-refractivity contribution in [1.82, 2.24) is 10.3 Å². The number of nitrogens with zero attached hydrogens (tertiary/aromatic N) is 1. The van der Waals surface area contributed by atoms with Crippen LogP contribution in [0.2, 0.25) is 5.02 Å². The second-order valence-corrected chi connectivity index (χ2v) is 8.56. The van der Waals surface area contributed by atoms with Crippen molar-refractivity contribution in [3.05, 3.63) is 58.1 Å². The number of fused-ring (bicyclic) bond motifs is 1. The molecule has 160 valence electrons. The highest BCUT2D eigenvalue weighted by Crippen LogP contribution is 2.44. The van der Waals surface area contributed by atoms with Crippen molar-refractivity contribution in [2.45, 2.75) is 43.7 Å². The van der Waals surface area contributed by atoms with Gasteiger partial charge in [-0.1, -0.05) is 30.7 Å². The zero-order valence-corrected chi connectivity index (χ0v) is 17.8. The van der Waals surface area contributed by atoms with Crippen LogP contribution in [0.1, 0.15) is 42.6 Å². The molecule has 0 unspecified atom stereocenters. The predicted molar refractivity (Wildman–Crippen MR) is 114 cm³/mol. The van der Waals surface area contributed by atoms with Gasteiger partial charge in [0.05, 0.1) is 23.4 Å². The van der Waals surface area contributed by atoms with Crippen LogP contribution in [-0.2, 0) is 16.7 Å². The van der Waals surface area contributed by atoms with Crippen molar-refractivity contribution in [3.8, 4) is 0 Å². The van der Waals surface area contributed by atoms with Crippen LogP contribution < -0.4 is 10.6 Å². The van der Waals surface area contributed by atoms with Gasteiger partial charge in [-0.15, -0.1) is 0 Å². The third-order valence-corrected chi connectivity index (χ3v) is 6.22. The molecule has 2 heterocycles. The Bertz CT molecular complexity index is 990. The molecule has 1 aromatic carbocycles. The van der Waals surface area contributed by atoms with Crippen molar-refractivity contribution >= 4 is 34.5 Å². The van der Waals surface area contributed by atoms with Crippen molar-refractivity contribution in [3.63, 3.8) is 0 Å². The fourth-order valence-electron chi connectivity index (χ4n) is 4.29. The Balaban J connectivity index is 1.71. The summed E-state index contributed by atoms with van der Waals surface area (Å²) in [6.07, 6.45) is 3.09. The Morgan fingerprint density at radius 3 is 2.93 bits per heavy atom. The molecule has 0 radical (unpaired) electrons. The Hall–Kier alpha value is -1.90. The van der Waals surface area contributed by atoms with Gasteiger partial charge in [0.15, 0.2) is 0 Å². The fraction of sp³-hybridized carbons (Fsp3) is 0.429. The molecule has 2 atom stereocenters. The average Bonchev–Trinajstić information content (AvgIpc) is 3.03. The van der Waals surface area contributed by atoms with Crippen LogP contribution in [0, 0.1) is 5.82 Å². The summed E-state index contributed by atoms with van der Waals surface area (Å²) in [5.41, 5.74) is 0.300. The maximum absolute atomic E-state index is 15.1. The first kappa shape index (κ1) is 21.3. The minimum absolute atomic E-state index is 0.0732. The molecular weight excluding hydrogens is 435 g/mol. The Labute approximate surface area is 183 Å². The molecule has 4 rings (SSSR count). The second kappa shape index (κ2) is 7.98. The number of nitrogens with one attached hydrogen (secondary N) is 2. The minimum atomic E-state index is -3.36. The highest BCUT2D eigenvalue weighted by Gasteiger charge is 2.56. The molecule has 1 aliphatic carbocycles. The van der Waals surface area contributed by atoms with Gasteiger partial charge in [0.1, 0.15) is 23.0 Å². The van der Waals surface area contributed by atoms with Gasteiger partial charge in [0.2, 0.25) is 0 Å². The summed E-state index contributed by atoms with van der Waals surface area (Å²) in [4.78, 5) is 4.53. The molecule has 4 nitrogen and oxygen atoms in total. The monoisotopic (exact) mass is 455 g/mol. The number of anilines is 1. The summed E-state index contributed by atoms with van der Waals surface area (Å²) >= 11 is 11.1. The number of aryl methyl sites for hydroxylation is 1. The number of halogens is 4. The molecular formula is C21H21ClF3N3OS. The van der Waals surface area contributed by atoms with Gasteiger partial charge in [-0.05, 0) is 49.1 Å². The van der Waals surface area contributed by atoms with E-state index in [9.17, 15) is 4.39 Å². The van der Waals surface area contributed by atoms with Crippen LogP contribution in [-0.4, -0.2) is 29.1 Å². The molecule has 0 amide bonds. The standard InChI is InChI=1S/C21H21ClF3N3OS/c1-2-20(21(24,25)11-29-10-18(30)28-20)15-8-14(4-5-16(15)23)27-17-6-3-12-7-13(22)9-26-19(12)17/h4-5,7-9,17,27H,2-3,6,10-11H2,1H3,(H,28,30)/t17-,20-/m1/s1. The van der Waals surface area contributed by atoms with Crippen molar-refractivity contribution in [2.75, 3.05) is 18.5 Å². The predicted octanol–water partition coefficient (Wildman–Crippen LogP) is 5.16. The molecule has 0 saturated carbocycles. The van der Waals surface area contributed by atoms with Gasteiger partial charge in [-0.3, -0.25) is 4.98 Å². The number of pyridine rings is 1. The van der Waals surface area contributed by atoms with E-state index in [1.165, 1.54) is 12.1 Å². The molecule has 2 aliphatic rings. The summed E-state index contributed by atoms with van der Waals surface area (Å²) in [6, 6.07) is 5.94. The number of rotatable bonds is 4. The van der Waals surface area contributed by atoms with Gasteiger partial charge in [0.25, 0.3) is 5.92 Å². The quantitative estimate of drug-likeness (QED) is 0.623. The SMILES string of the molecule is CC[C@]1(c2cc(N[C@@H]3CCc4cc(Cl)cnc43)ccc2F)NC(=S)COCC1(F)F. The van der Waals surface area contributed by atoms with E-state index in [2.05, 4.69) is 15.6 Å². The van der Waals surface area contributed by atoms with Gasteiger partial charge in [0, 0.05) is 17.4 Å². The molecule has 2 N–H and O–H groups in total. The molecule has 9 heteroatoms. The summed E-state index contributed by atoms with van der Waals surface area (Å²) in [5, 5.41) is 6.58. The molecule has 1 fully saturated rings. The van der Waals surface area contributed by atoms with E-state index in [1.807, 2.05) is 6.07 Å². The van der Waals surface area contributed by atoms with Crippen molar-refractivity contribution in [2.24, 2.45) is 0 Å². The van der Waals surface area contributed by atoms with E-state index in [1.54, 1.807) is 19.2 Å². The number of ether oxygens (including phenoxy) is 1. The lowest BCUT2D eigenvalue weighted by Crippen LogP contribution is -2.57. The fourth-order valence-corrected chi connectivity index (χ4v) is 4.73. The van der Waals surface area contributed by atoms with Gasteiger partial charge < -0.3 is 15.4 Å². The third-order valence-electron chi connectivity index (χ3n) is 5.79. The van der Waals surface area contributed by atoms with E-state index in [-0.39, 0.29) is 29.6 Å². The Morgan fingerprint density at radius 1 is 1.37 bits per heavy atom. The lowest BCUT2D eigenvalue weighted by molar-refractivity contribution is -0.127. The molecule has 2 aromatic rings. The first-order valence-corrected chi connectivity index (χ1v) is 10.5. The van der Waals surface area contributed by atoms with E-state index in [4.69, 9.17) is 28.6 Å². The Morgan fingerprint density at radius 2 is 2.17 bits per heavy atom. The average molecular weight is 456 g/mol. The maximum atomic E-state index is 15.1. The molecule has 1 aromatic heterocycles. The van der Waals surface area contributed by atoms with E-state index in [0.29, 0.717) is 10.7 Å². The first-order chi connectivity index (χ1) is 14.3. The maximum Gasteiger partial charge on any atom is 0.297 e. The zero-order chi connectivity index (χ0) is 21.5. The van der Waals surface area contributed by atoms with Crippen LogP contribution in [0.15, 0.2) is 30.5 Å². The number of thiocarbonyl (C=S) groups is 1. The number of hydrogen-bond acceptors (Lipinski definition) is 4. The topological polar surface area (TPSA) is 46.2 Å².